The van der Waals surface area contributed by atoms with Crippen LogP contribution >= 0.6 is 23.2 Å². The van der Waals surface area contributed by atoms with E-state index < -0.39 is 0 Å². The minimum Gasteiger partial charge on any atom is -0.480 e. The first-order valence-corrected chi connectivity index (χ1v) is 10.9. The molecule has 0 amide bonds. The van der Waals surface area contributed by atoms with Gasteiger partial charge in [0.05, 0.1) is 5.54 Å². The average molecular weight is 436 g/mol. The number of benzene rings is 3. The molecule has 5 rings (SSSR count). The van der Waals surface area contributed by atoms with Gasteiger partial charge in [0.2, 0.25) is 0 Å². The molecule has 2 heterocycles. The van der Waals surface area contributed by atoms with Gasteiger partial charge >= 0.3 is 0 Å². The third kappa shape index (κ3) is 3.10. The number of aryl methyl sites for hydroxylation is 1. The van der Waals surface area contributed by atoms with Crippen molar-refractivity contribution in [3.05, 3.63) is 86.9 Å². The van der Waals surface area contributed by atoms with Crippen LogP contribution in [0.15, 0.2) is 54.6 Å². The number of nitrogens with one attached hydrogen (secondary N) is 1. The highest BCUT2D eigenvalue weighted by Crippen LogP contribution is 2.51. The van der Waals surface area contributed by atoms with Gasteiger partial charge in [0, 0.05) is 32.4 Å². The molecule has 0 unspecified atom stereocenters. The van der Waals surface area contributed by atoms with Crippen LogP contribution in [-0.4, -0.2) is 5.54 Å². The average Bonchev–Trinajstić information content (AvgIpc) is 2.68. The number of allylic oxidation sites excluding steroid dienone is 1. The Balaban J connectivity index is 1.81. The second-order valence-corrected chi connectivity index (χ2v) is 9.61. The molecule has 2 aliphatic heterocycles. The summed E-state index contributed by atoms with van der Waals surface area (Å²) in [5, 5.41) is 5.13. The minimum absolute atomic E-state index is 0.103. The summed E-state index contributed by atoms with van der Waals surface area (Å²) in [6, 6.07) is 16.3. The standard InChI is InChI=1S/C26H23Cl2NO/c1-14-11-16(5-8-20(14)28)25-24-18(19-12-17(27)6-10-22(19)30-25)7-9-21-23(24)15(2)13-26(3,4)29-21/h5-13,25,29H,1-4H3/t25-/m1/s1. The van der Waals surface area contributed by atoms with E-state index in [1.807, 2.05) is 31.2 Å². The zero-order valence-corrected chi connectivity index (χ0v) is 18.9. The number of ether oxygens (including phenoxy) is 1. The van der Waals surface area contributed by atoms with Crippen molar-refractivity contribution in [2.24, 2.45) is 0 Å². The maximum Gasteiger partial charge on any atom is 0.150 e. The monoisotopic (exact) mass is 435 g/mol. The molecule has 4 heteroatoms. The number of halogens is 2. The summed E-state index contributed by atoms with van der Waals surface area (Å²) in [5.74, 6) is 0.843. The maximum absolute atomic E-state index is 6.60. The van der Waals surface area contributed by atoms with Crippen molar-refractivity contribution in [1.29, 1.82) is 0 Å². The summed E-state index contributed by atoms with van der Waals surface area (Å²) in [6.45, 7) is 8.58. The van der Waals surface area contributed by atoms with Crippen molar-refractivity contribution in [3.63, 3.8) is 0 Å². The van der Waals surface area contributed by atoms with Gasteiger partial charge in [-0.2, -0.15) is 0 Å². The number of anilines is 1. The van der Waals surface area contributed by atoms with Crippen molar-refractivity contribution < 1.29 is 4.74 Å². The number of rotatable bonds is 1. The molecule has 2 aliphatic rings. The lowest BCUT2D eigenvalue weighted by Gasteiger charge is -2.37. The topological polar surface area (TPSA) is 21.3 Å². The fourth-order valence-corrected chi connectivity index (χ4v) is 5.01. The molecule has 0 saturated carbocycles. The van der Waals surface area contributed by atoms with Crippen molar-refractivity contribution in [3.8, 4) is 16.9 Å². The van der Waals surface area contributed by atoms with Crippen molar-refractivity contribution in [2.75, 3.05) is 5.32 Å². The SMILES string of the molecule is CC1=CC(C)(C)Nc2ccc3c(c21)[C@@H](c1ccc(Cl)c(C)c1)Oc1ccc(Cl)cc1-3. The van der Waals surface area contributed by atoms with Gasteiger partial charge in [-0.3, -0.25) is 0 Å². The van der Waals surface area contributed by atoms with Crippen molar-refractivity contribution >= 4 is 34.5 Å². The van der Waals surface area contributed by atoms with Gasteiger partial charge in [0.1, 0.15) is 5.75 Å². The minimum atomic E-state index is -0.231. The molecule has 0 spiro atoms. The first kappa shape index (κ1) is 19.5. The highest BCUT2D eigenvalue weighted by Gasteiger charge is 2.34. The molecule has 3 aromatic rings. The van der Waals surface area contributed by atoms with Gasteiger partial charge in [-0.25, -0.2) is 0 Å². The smallest absolute Gasteiger partial charge is 0.150 e. The quantitative estimate of drug-likeness (QED) is 0.417. The molecule has 0 bridgehead atoms. The van der Waals surface area contributed by atoms with Crippen molar-refractivity contribution in [1.82, 2.24) is 0 Å². The molecule has 0 aliphatic carbocycles. The third-order valence-electron chi connectivity index (χ3n) is 5.90. The Labute approximate surface area is 187 Å². The van der Waals surface area contributed by atoms with E-state index in [9.17, 15) is 0 Å². The van der Waals surface area contributed by atoms with E-state index in [2.05, 4.69) is 56.4 Å². The van der Waals surface area contributed by atoms with E-state index in [1.165, 1.54) is 16.7 Å². The fourth-order valence-electron chi connectivity index (χ4n) is 4.72. The van der Waals surface area contributed by atoms with Gasteiger partial charge in [-0.1, -0.05) is 47.5 Å². The van der Waals surface area contributed by atoms with Crippen LogP contribution in [0.5, 0.6) is 5.75 Å². The van der Waals surface area contributed by atoms with Gasteiger partial charge in [0.25, 0.3) is 0 Å². The summed E-state index contributed by atoms with van der Waals surface area (Å²) in [4.78, 5) is 0. The normalized spacial score (nSPS) is 18.3. The number of hydrogen-bond donors (Lipinski definition) is 1. The predicted molar refractivity (Wildman–Crippen MR) is 127 cm³/mol. The van der Waals surface area contributed by atoms with Crippen LogP contribution in [0.1, 0.15) is 49.1 Å². The lowest BCUT2D eigenvalue weighted by atomic mass is 9.80. The molecule has 0 radical (unpaired) electrons. The first-order valence-electron chi connectivity index (χ1n) is 10.1. The van der Waals surface area contributed by atoms with E-state index in [0.29, 0.717) is 5.02 Å². The largest absolute Gasteiger partial charge is 0.480 e. The molecule has 0 saturated heterocycles. The van der Waals surface area contributed by atoms with Crippen molar-refractivity contribution in [2.45, 2.75) is 39.3 Å². The van der Waals surface area contributed by atoms with Crippen LogP contribution in [-0.2, 0) is 0 Å². The predicted octanol–water partition coefficient (Wildman–Crippen LogP) is 8.06. The molecule has 1 atom stereocenters. The first-order chi connectivity index (χ1) is 14.2. The fraction of sp³-hybridized carbons (Fsp3) is 0.231. The highest BCUT2D eigenvalue weighted by atomic mass is 35.5. The molecule has 0 fully saturated rings. The summed E-state index contributed by atoms with van der Waals surface area (Å²) < 4.78 is 6.60. The Bertz CT molecular complexity index is 1230. The Morgan fingerprint density at radius 3 is 2.50 bits per heavy atom. The second-order valence-electron chi connectivity index (χ2n) is 8.77. The molecule has 2 nitrogen and oxygen atoms in total. The molecular weight excluding hydrogens is 413 g/mol. The second kappa shape index (κ2) is 6.80. The summed E-state index contributed by atoms with van der Waals surface area (Å²) in [5.41, 5.74) is 8.95. The van der Waals surface area contributed by atoms with E-state index in [4.69, 9.17) is 27.9 Å². The van der Waals surface area contributed by atoms with Crippen LogP contribution in [0.2, 0.25) is 10.0 Å². The van der Waals surface area contributed by atoms with Gasteiger partial charge in [-0.05, 0) is 80.3 Å². The maximum atomic E-state index is 6.60. The van der Waals surface area contributed by atoms with E-state index in [0.717, 1.165) is 38.7 Å². The Morgan fingerprint density at radius 2 is 1.73 bits per heavy atom. The number of fused-ring (bicyclic) bond motifs is 5. The van der Waals surface area contributed by atoms with Crippen LogP contribution in [0.3, 0.4) is 0 Å². The third-order valence-corrected chi connectivity index (χ3v) is 6.56. The van der Waals surface area contributed by atoms with Crippen LogP contribution in [0.25, 0.3) is 16.7 Å². The van der Waals surface area contributed by atoms with Crippen LogP contribution in [0.4, 0.5) is 5.69 Å². The number of hydrogen-bond acceptors (Lipinski definition) is 2. The molecule has 30 heavy (non-hydrogen) atoms. The van der Waals surface area contributed by atoms with Crippen LogP contribution in [0, 0.1) is 6.92 Å². The molecule has 3 aromatic carbocycles. The molecule has 152 valence electrons. The Kier molecular flexibility index (Phi) is 4.43. The van der Waals surface area contributed by atoms with Gasteiger partial charge in [-0.15, -0.1) is 0 Å². The molecule has 1 N–H and O–H groups in total. The lowest BCUT2D eigenvalue weighted by molar-refractivity contribution is 0.243. The Hall–Kier alpha value is -2.42. The van der Waals surface area contributed by atoms with E-state index >= 15 is 0 Å². The zero-order chi connectivity index (χ0) is 21.2. The lowest BCUT2D eigenvalue weighted by Crippen LogP contribution is -2.32. The summed E-state index contributed by atoms with van der Waals surface area (Å²) >= 11 is 12.7. The summed E-state index contributed by atoms with van der Waals surface area (Å²) in [6.07, 6.45) is 2.05. The van der Waals surface area contributed by atoms with Crippen LogP contribution < -0.4 is 10.1 Å². The Morgan fingerprint density at radius 1 is 0.933 bits per heavy atom. The zero-order valence-electron chi connectivity index (χ0n) is 17.4. The highest BCUT2D eigenvalue weighted by molar-refractivity contribution is 6.31. The molecular formula is C26H23Cl2NO. The molecule has 0 aromatic heterocycles. The van der Waals surface area contributed by atoms with E-state index in [-0.39, 0.29) is 11.6 Å². The van der Waals surface area contributed by atoms with E-state index in [1.54, 1.807) is 0 Å². The summed E-state index contributed by atoms with van der Waals surface area (Å²) in [7, 11) is 0. The van der Waals surface area contributed by atoms with Gasteiger partial charge in [0.15, 0.2) is 6.10 Å². The van der Waals surface area contributed by atoms with Gasteiger partial charge < -0.3 is 10.1 Å².